The summed E-state index contributed by atoms with van der Waals surface area (Å²) in [5.41, 5.74) is 2.95. The molecule has 6 N–H and O–H groups in total. The number of H-pyrrole nitrogens is 1. The molecule has 2 aromatic heterocycles. The SMILES string of the molecule is O=C(O)NC(c1ccccc1)c1cccc(OCc2ccc(C(=O)N(CCCNC[C@@H](O)c3ccc(O)c4[nH]c(=O)ccc34)Cc3ccccc3)o2)c1. The molecule has 0 bridgehead atoms. The third-order valence-corrected chi connectivity index (χ3v) is 8.73. The summed E-state index contributed by atoms with van der Waals surface area (Å²) in [6.45, 7) is 1.56. The zero-order valence-electron chi connectivity index (χ0n) is 28.8. The smallest absolute Gasteiger partial charge is 0.405 e. The van der Waals surface area contributed by atoms with E-state index >= 15 is 0 Å². The molecule has 12 heteroatoms. The second kappa shape index (κ2) is 17.2. The number of phenols is 1. The lowest BCUT2D eigenvalue weighted by atomic mass is 9.99. The third-order valence-electron chi connectivity index (χ3n) is 8.73. The number of hydrogen-bond acceptors (Lipinski definition) is 8. The molecule has 0 aliphatic heterocycles. The molecule has 6 aromatic rings. The molecule has 6 rings (SSSR count). The summed E-state index contributed by atoms with van der Waals surface area (Å²) >= 11 is 0. The van der Waals surface area contributed by atoms with Crippen LogP contribution in [-0.2, 0) is 13.2 Å². The van der Waals surface area contributed by atoms with E-state index in [0.717, 1.165) is 11.1 Å². The molecule has 4 aromatic carbocycles. The number of phenolic OH excluding ortho intramolecular Hbond substituents is 1. The van der Waals surface area contributed by atoms with E-state index in [9.17, 15) is 29.7 Å². The summed E-state index contributed by atoms with van der Waals surface area (Å²) in [7, 11) is 0. The molecular formula is C41H40N4O8. The van der Waals surface area contributed by atoms with Crippen LogP contribution in [0.2, 0.25) is 0 Å². The predicted molar refractivity (Wildman–Crippen MR) is 199 cm³/mol. The molecule has 1 unspecified atom stereocenters. The van der Waals surface area contributed by atoms with Gasteiger partial charge in [-0.15, -0.1) is 0 Å². The van der Waals surface area contributed by atoms with E-state index < -0.39 is 18.2 Å². The van der Waals surface area contributed by atoms with Crippen molar-refractivity contribution >= 4 is 22.9 Å². The maximum absolute atomic E-state index is 13.7. The number of aromatic nitrogens is 1. The molecule has 2 atom stereocenters. The minimum absolute atomic E-state index is 0.0520. The van der Waals surface area contributed by atoms with Crippen LogP contribution in [0.3, 0.4) is 0 Å². The van der Waals surface area contributed by atoms with Crippen molar-refractivity contribution in [3.63, 3.8) is 0 Å². The van der Waals surface area contributed by atoms with Crippen LogP contribution < -0.4 is 20.9 Å². The van der Waals surface area contributed by atoms with Gasteiger partial charge in [-0.3, -0.25) is 9.59 Å². The summed E-state index contributed by atoms with van der Waals surface area (Å²) in [6.07, 6.45) is -1.46. The lowest BCUT2D eigenvalue weighted by Gasteiger charge is -2.22. The molecule has 0 fully saturated rings. The number of amides is 2. The Bertz CT molecular complexity index is 2200. The summed E-state index contributed by atoms with van der Waals surface area (Å²) in [5, 5.41) is 36.9. The van der Waals surface area contributed by atoms with Crippen LogP contribution in [-0.4, -0.2) is 56.8 Å². The van der Waals surface area contributed by atoms with Crippen molar-refractivity contribution in [2.24, 2.45) is 0 Å². The fraction of sp³-hybridized carbons (Fsp3) is 0.195. The van der Waals surface area contributed by atoms with Crippen LogP contribution in [0, 0.1) is 0 Å². The lowest BCUT2D eigenvalue weighted by molar-refractivity contribution is 0.0704. The Morgan fingerprint density at radius 1 is 0.868 bits per heavy atom. The van der Waals surface area contributed by atoms with Crippen LogP contribution in [0.4, 0.5) is 4.79 Å². The maximum Gasteiger partial charge on any atom is 0.405 e. The van der Waals surface area contributed by atoms with Crippen molar-refractivity contribution in [1.29, 1.82) is 0 Å². The van der Waals surface area contributed by atoms with Crippen LogP contribution in [0.5, 0.6) is 11.5 Å². The molecule has 2 amide bonds. The van der Waals surface area contributed by atoms with E-state index in [2.05, 4.69) is 15.6 Å². The van der Waals surface area contributed by atoms with Gasteiger partial charge in [-0.05, 0) is 71.6 Å². The van der Waals surface area contributed by atoms with Gasteiger partial charge in [-0.25, -0.2) is 4.79 Å². The number of ether oxygens (including phenoxy) is 1. The van der Waals surface area contributed by atoms with Crippen molar-refractivity contribution in [3.8, 4) is 11.5 Å². The predicted octanol–water partition coefficient (Wildman–Crippen LogP) is 6.12. The average Bonchev–Trinajstić information content (AvgIpc) is 3.65. The number of carbonyl (C=O) groups excluding carboxylic acids is 1. The van der Waals surface area contributed by atoms with Crippen LogP contribution >= 0.6 is 0 Å². The number of aliphatic hydroxyl groups is 1. The molecule has 53 heavy (non-hydrogen) atoms. The number of aliphatic hydroxyl groups excluding tert-OH is 1. The molecule has 0 aliphatic rings. The molecule has 0 aliphatic carbocycles. The second-order valence-electron chi connectivity index (χ2n) is 12.5. The number of rotatable bonds is 16. The number of hydrogen-bond donors (Lipinski definition) is 6. The first kappa shape index (κ1) is 36.4. The van der Waals surface area contributed by atoms with Gasteiger partial charge in [0, 0.05) is 31.1 Å². The lowest BCUT2D eigenvalue weighted by Crippen LogP contribution is -2.33. The van der Waals surface area contributed by atoms with E-state index in [0.29, 0.717) is 54.1 Å². The van der Waals surface area contributed by atoms with E-state index in [1.807, 2.05) is 66.7 Å². The van der Waals surface area contributed by atoms with Gasteiger partial charge in [-0.1, -0.05) is 78.9 Å². The largest absolute Gasteiger partial charge is 0.506 e. The molecule has 0 spiro atoms. The summed E-state index contributed by atoms with van der Waals surface area (Å²) < 4.78 is 11.9. The summed E-state index contributed by atoms with van der Waals surface area (Å²) in [6, 6.07) is 34.8. The first-order valence-corrected chi connectivity index (χ1v) is 17.2. The van der Waals surface area contributed by atoms with Gasteiger partial charge in [0.25, 0.3) is 5.91 Å². The number of carbonyl (C=O) groups is 2. The van der Waals surface area contributed by atoms with Gasteiger partial charge in [0.1, 0.15) is 23.9 Å². The highest BCUT2D eigenvalue weighted by Gasteiger charge is 2.21. The molecular weight excluding hydrogens is 676 g/mol. The van der Waals surface area contributed by atoms with E-state index in [4.69, 9.17) is 9.15 Å². The van der Waals surface area contributed by atoms with Crippen LogP contribution in [0.25, 0.3) is 10.9 Å². The Morgan fingerprint density at radius 2 is 1.62 bits per heavy atom. The number of aromatic hydroxyl groups is 1. The molecule has 0 radical (unpaired) electrons. The molecule has 12 nitrogen and oxygen atoms in total. The molecule has 0 saturated heterocycles. The minimum Gasteiger partial charge on any atom is -0.506 e. The first-order valence-electron chi connectivity index (χ1n) is 17.2. The quantitative estimate of drug-likeness (QED) is 0.0645. The van der Waals surface area contributed by atoms with Crippen molar-refractivity contribution < 1.29 is 34.1 Å². The van der Waals surface area contributed by atoms with E-state index in [1.54, 1.807) is 47.4 Å². The number of benzene rings is 4. The van der Waals surface area contributed by atoms with Crippen molar-refractivity contribution in [1.82, 2.24) is 20.5 Å². The molecule has 2 heterocycles. The zero-order valence-corrected chi connectivity index (χ0v) is 28.8. The minimum atomic E-state index is -1.14. The Hall–Kier alpha value is -6.37. The monoisotopic (exact) mass is 716 g/mol. The van der Waals surface area contributed by atoms with Crippen LogP contribution in [0.1, 0.15) is 57.1 Å². The van der Waals surface area contributed by atoms with Gasteiger partial charge in [0.2, 0.25) is 5.56 Å². The highest BCUT2D eigenvalue weighted by Crippen LogP contribution is 2.29. The first-order chi connectivity index (χ1) is 25.7. The van der Waals surface area contributed by atoms with E-state index in [-0.39, 0.29) is 41.6 Å². The molecule has 0 saturated carbocycles. The maximum atomic E-state index is 13.7. The van der Waals surface area contributed by atoms with Crippen molar-refractivity contribution in [2.75, 3.05) is 19.6 Å². The van der Waals surface area contributed by atoms with Gasteiger partial charge in [-0.2, -0.15) is 0 Å². The highest BCUT2D eigenvalue weighted by molar-refractivity contribution is 5.91. The van der Waals surface area contributed by atoms with Crippen molar-refractivity contribution in [3.05, 3.63) is 165 Å². The topological polar surface area (TPSA) is 177 Å². The average molecular weight is 717 g/mol. The van der Waals surface area contributed by atoms with Gasteiger partial charge in [0.15, 0.2) is 5.76 Å². The normalized spacial score (nSPS) is 12.2. The third kappa shape index (κ3) is 9.50. The standard InChI is InChI=1S/C41H40N4O8/c46-34-18-16-32(33-17-20-37(48)43-39(33)34)35(47)24-42-21-8-22-45(25-27-9-3-1-4-10-27)40(49)36-19-15-31(53-36)26-52-30-14-7-13-29(23-30)38(44-41(50)51)28-11-5-2-6-12-28/h1-7,9-20,23,35,38,42,44,46-47H,8,21-22,24-26H2,(H,43,48)(H,50,51)/t35-,38?/m1/s1. The number of fused-ring (bicyclic) bond motifs is 1. The Morgan fingerprint density at radius 3 is 2.40 bits per heavy atom. The number of aromatic amines is 1. The Balaban J connectivity index is 1.06. The fourth-order valence-corrected chi connectivity index (χ4v) is 6.14. The van der Waals surface area contributed by atoms with Gasteiger partial charge in [0.05, 0.1) is 17.7 Å². The van der Waals surface area contributed by atoms with Crippen LogP contribution in [0.15, 0.2) is 131 Å². The number of furan rings is 1. The number of pyridine rings is 1. The van der Waals surface area contributed by atoms with Gasteiger partial charge < -0.3 is 45.0 Å². The number of carboxylic acid groups (broad SMARTS) is 1. The second-order valence-corrected chi connectivity index (χ2v) is 12.5. The fourth-order valence-electron chi connectivity index (χ4n) is 6.14. The molecule has 272 valence electrons. The zero-order chi connectivity index (χ0) is 37.2. The summed E-state index contributed by atoms with van der Waals surface area (Å²) in [4.78, 5) is 41.4. The summed E-state index contributed by atoms with van der Waals surface area (Å²) in [5.74, 6) is 0.775. The Labute approximate surface area is 305 Å². The number of nitrogens with zero attached hydrogens (tertiary/aromatic N) is 1. The van der Waals surface area contributed by atoms with Gasteiger partial charge >= 0.3 is 6.09 Å². The van der Waals surface area contributed by atoms with E-state index in [1.165, 1.54) is 12.1 Å². The van der Waals surface area contributed by atoms with Crippen molar-refractivity contribution in [2.45, 2.75) is 31.7 Å². The highest BCUT2D eigenvalue weighted by atomic mass is 16.5. The Kier molecular flexibility index (Phi) is 11.8. The number of nitrogens with one attached hydrogen (secondary N) is 3.